The summed E-state index contributed by atoms with van der Waals surface area (Å²) in [6, 6.07) is 14.9. The number of imide groups is 1. The molecule has 0 bridgehead atoms. The van der Waals surface area contributed by atoms with Crippen LogP contribution < -0.4 is 15.4 Å². The number of methoxy groups -OCH3 is 1. The average Bonchev–Trinajstić information content (AvgIpc) is 3.58. The number of aromatic nitrogens is 1. The summed E-state index contributed by atoms with van der Waals surface area (Å²) in [5.74, 6) is -0.0153. The van der Waals surface area contributed by atoms with Crippen LogP contribution in [-0.2, 0) is 11.3 Å². The number of furan rings is 1. The van der Waals surface area contributed by atoms with Crippen LogP contribution in [-0.4, -0.2) is 41.9 Å². The second kappa shape index (κ2) is 9.67. The number of amides is 4. The van der Waals surface area contributed by atoms with Crippen LogP contribution in [0.1, 0.15) is 33.3 Å². The van der Waals surface area contributed by atoms with E-state index in [1.807, 2.05) is 12.1 Å². The van der Waals surface area contributed by atoms with Gasteiger partial charge in [0.1, 0.15) is 28.9 Å². The zero-order valence-corrected chi connectivity index (χ0v) is 20.2. The maximum absolute atomic E-state index is 13.5. The second-order valence-electron chi connectivity index (χ2n) is 8.62. The Morgan fingerprint density at radius 3 is 2.66 bits per heavy atom. The van der Waals surface area contributed by atoms with Gasteiger partial charge in [0.2, 0.25) is 0 Å². The van der Waals surface area contributed by atoms with Crippen LogP contribution in [0.2, 0.25) is 0 Å². The fourth-order valence-corrected chi connectivity index (χ4v) is 4.19. The van der Waals surface area contributed by atoms with Crippen molar-refractivity contribution in [2.45, 2.75) is 12.6 Å². The molecular formula is C27H20FN5O5. The highest BCUT2D eigenvalue weighted by Crippen LogP contribution is 2.28. The SMILES string of the molecule is COc1ccc2c(c1)C(=O)N(C)C2.N#Cc1cc(-c2ccc3oc(C4NC(=O)NC4=O)cc3n2)ccc1F. The van der Waals surface area contributed by atoms with Crippen molar-refractivity contribution in [1.82, 2.24) is 20.5 Å². The van der Waals surface area contributed by atoms with Crippen LogP contribution in [0.15, 0.2) is 59.0 Å². The van der Waals surface area contributed by atoms with Crippen molar-refractivity contribution < 1.29 is 27.9 Å². The summed E-state index contributed by atoms with van der Waals surface area (Å²) in [4.78, 5) is 40.6. The average molecular weight is 513 g/mol. The molecule has 4 aromatic rings. The third-order valence-corrected chi connectivity index (χ3v) is 6.14. The molecule has 2 aliphatic rings. The largest absolute Gasteiger partial charge is 0.497 e. The number of rotatable bonds is 3. The number of carbonyl (C=O) groups is 3. The molecule has 4 heterocycles. The van der Waals surface area contributed by atoms with E-state index in [1.165, 1.54) is 18.2 Å². The molecule has 0 radical (unpaired) electrons. The Labute approximate surface area is 215 Å². The first-order valence-electron chi connectivity index (χ1n) is 11.4. The van der Waals surface area contributed by atoms with Crippen molar-refractivity contribution in [3.8, 4) is 23.1 Å². The molecule has 1 fully saturated rings. The number of nitrogens with one attached hydrogen (secondary N) is 2. The van der Waals surface area contributed by atoms with Crippen LogP contribution in [0.3, 0.4) is 0 Å². The van der Waals surface area contributed by atoms with Gasteiger partial charge in [0.05, 0.1) is 18.4 Å². The van der Waals surface area contributed by atoms with Gasteiger partial charge in [-0.25, -0.2) is 14.2 Å². The van der Waals surface area contributed by atoms with Crippen LogP contribution in [0.4, 0.5) is 9.18 Å². The predicted molar refractivity (Wildman–Crippen MR) is 132 cm³/mol. The van der Waals surface area contributed by atoms with Gasteiger partial charge in [0.15, 0.2) is 11.6 Å². The van der Waals surface area contributed by atoms with Crippen molar-refractivity contribution in [3.63, 3.8) is 0 Å². The molecule has 0 spiro atoms. The Bertz CT molecular complexity index is 1660. The summed E-state index contributed by atoms with van der Waals surface area (Å²) < 4.78 is 24.1. The normalized spacial score (nSPS) is 15.9. The maximum Gasteiger partial charge on any atom is 0.322 e. The van der Waals surface area contributed by atoms with Gasteiger partial charge >= 0.3 is 6.03 Å². The summed E-state index contributed by atoms with van der Waals surface area (Å²) in [7, 11) is 3.40. The fraction of sp³-hybridized carbons (Fsp3) is 0.148. The Balaban J connectivity index is 0.000000190. The quantitative estimate of drug-likeness (QED) is 0.399. The Hall–Kier alpha value is -5.24. The van der Waals surface area contributed by atoms with Crippen molar-refractivity contribution in [3.05, 3.63) is 82.9 Å². The molecule has 38 heavy (non-hydrogen) atoms. The molecule has 2 aromatic heterocycles. The minimum atomic E-state index is -0.902. The standard InChI is InChI=1S/C17H9FN4O3.C10H11NO2/c18-10-2-1-8(5-9(10)7-19)11-3-4-13-12(20-11)6-14(25-13)15-16(23)22-17(24)21-15;1-11-6-7-3-4-8(13-2)5-9(7)10(11)12/h1-6,15H,(H2,21,22,23,24);3-5H,6H2,1-2H3. The third-order valence-electron chi connectivity index (χ3n) is 6.14. The Morgan fingerprint density at radius 1 is 1.13 bits per heavy atom. The number of fused-ring (bicyclic) bond motifs is 2. The number of benzene rings is 2. The lowest BCUT2D eigenvalue weighted by molar-refractivity contribution is -0.120. The highest BCUT2D eigenvalue weighted by atomic mass is 19.1. The fourth-order valence-electron chi connectivity index (χ4n) is 4.19. The lowest BCUT2D eigenvalue weighted by Gasteiger charge is -2.04. The van der Waals surface area contributed by atoms with Gasteiger partial charge in [-0.1, -0.05) is 6.07 Å². The molecule has 2 N–H and O–H groups in total. The first-order valence-corrected chi connectivity index (χ1v) is 11.4. The Morgan fingerprint density at radius 2 is 1.95 bits per heavy atom. The van der Waals surface area contributed by atoms with Crippen LogP contribution >= 0.6 is 0 Å². The molecule has 1 unspecified atom stereocenters. The van der Waals surface area contributed by atoms with E-state index in [0.29, 0.717) is 28.9 Å². The van der Waals surface area contributed by atoms with Gasteiger partial charge in [0.25, 0.3) is 11.8 Å². The third kappa shape index (κ3) is 4.51. The van der Waals surface area contributed by atoms with Crippen LogP contribution in [0, 0.1) is 17.1 Å². The molecule has 1 saturated heterocycles. The predicted octanol–water partition coefficient (Wildman–Crippen LogP) is 3.67. The number of nitriles is 1. The number of nitrogens with zero attached hydrogens (tertiary/aromatic N) is 3. The van der Waals surface area contributed by atoms with E-state index in [-0.39, 0.29) is 17.2 Å². The molecule has 4 amide bonds. The van der Waals surface area contributed by atoms with Gasteiger partial charge in [-0.15, -0.1) is 0 Å². The minimum absolute atomic E-state index is 0.0716. The van der Waals surface area contributed by atoms with E-state index in [1.54, 1.807) is 49.4 Å². The smallest absolute Gasteiger partial charge is 0.322 e. The number of pyridine rings is 1. The van der Waals surface area contributed by atoms with E-state index < -0.39 is 23.8 Å². The minimum Gasteiger partial charge on any atom is -0.497 e. The summed E-state index contributed by atoms with van der Waals surface area (Å²) in [6.07, 6.45) is 0. The van der Waals surface area contributed by atoms with Gasteiger partial charge in [0, 0.05) is 30.8 Å². The molecule has 190 valence electrons. The molecule has 11 heteroatoms. The maximum atomic E-state index is 13.5. The molecule has 0 saturated carbocycles. The summed E-state index contributed by atoms with van der Waals surface area (Å²) in [5, 5.41) is 13.5. The zero-order chi connectivity index (χ0) is 27.0. The van der Waals surface area contributed by atoms with E-state index in [2.05, 4.69) is 15.6 Å². The molecule has 6 rings (SSSR count). The molecule has 0 aliphatic carbocycles. The van der Waals surface area contributed by atoms with Crippen molar-refractivity contribution in [2.75, 3.05) is 14.2 Å². The first kappa shape index (κ1) is 24.5. The molecular weight excluding hydrogens is 493 g/mol. The number of halogens is 1. The number of ether oxygens (including phenoxy) is 1. The van der Waals surface area contributed by atoms with Gasteiger partial charge in [-0.2, -0.15) is 5.26 Å². The lowest BCUT2D eigenvalue weighted by Crippen LogP contribution is -2.22. The first-order chi connectivity index (χ1) is 18.3. The summed E-state index contributed by atoms with van der Waals surface area (Å²) in [5.41, 5.74) is 3.79. The van der Waals surface area contributed by atoms with Gasteiger partial charge in [-0.05, 0) is 48.0 Å². The van der Waals surface area contributed by atoms with Crippen LogP contribution in [0.5, 0.6) is 5.75 Å². The summed E-state index contributed by atoms with van der Waals surface area (Å²) >= 11 is 0. The van der Waals surface area contributed by atoms with E-state index >= 15 is 0 Å². The monoisotopic (exact) mass is 513 g/mol. The molecule has 1 atom stereocenters. The number of carbonyl (C=O) groups excluding carboxylic acids is 3. The Kier molecular flexibility index (Phi) is 6.22. The van der Waals surface area contributed by atoms with Crippen molar-refractivity contribution in [2.24, 2.45) is 0 Å². The van der Waals surface area contributed by atoms with E-state index in [4.69, 9.17) is 14.4 Å². The number of urea groups is 1. The second-order valence-corrected chi connectivity index (χ2v) is 8.62. The number of hydrogen-bond acceptors (Lipinski definition) is 7. The van der Waals surface area contributed by atoms with Gasteiger partial charge in [-0.3, -0.25) is 14.9 Å². The number of hydrogen-bond donors (Lipinski definition) is 2. The zero-order valence-electron chi connectivity index (χ0n) is 20.2. The van der Waals surface area contributed by atoms with Crippen LogP contribution in [0.25, 0.3) is 22.4 Å². The van der Waals surface area contributed by atoms with Crippen molar-refractivity contribution in [1.29, 1.82) is 5.26 Å². The molecule has 2 aliphatic heterocycles. The highest BCUT2D eigenvalue weighted by Gasteiger charge is 2.33. The summed E-state index contributed by atoms with van der Waals surface area (Å²) in [6.45, 7) is 0.707. The highest BCUT2D eigenvalue weighted by molar-refractivity contribution is 6.04. The molecule has 10 nitrogen and oxygen atoms in total. The van der Waals surface area contributed by atoms with E-state index in [9.17, 15) is 18.8 Å². The van der Waals surface area contributed by atoms with Gasteiger partial charge < -0.3 is 19.4 Å². The topological polar surface area (TPSA) is 138 Å². The lowest BCUT2D eigenvalue weighted by atomic mass is 10.1. The molecule has 2 aromatic carbocycles. The van der Waals surface area contributed by atoms with Crippen molar-refractivity contribution >= 4 is 28.9 Å². The van der Waals surface area contributed by atoms with E-state index in [0.717, 1.165) is 16.9 Å².